The van der Waals surface area contributed by atoms with Crippen molar-refractivity contribution < 1.29 is 40.2 Å². The van der Waals surface area contributed by atoms with Crippen molar-refractivity contribution in [3.05, 3.63) is 46.5 Å². The molecule has 0 aliphatic rings. The summed E-state index contributed by atoms with van der Waals surface area (Å²) in [6, 6.07) is 4.83. The van der Waals surface area contributed by atoms with E-state index in [9.17, 15) is 30.0 Å². The summed E-state index contributed by atoms with van der Waals surface area (Å²) in [6.45, 7) is 7.88. The fraction of sp³-hybridized carbons (Fsp3) is 0.391. The second-order valence-electron chi connectivity index (χ2n) is 6.46. The molecule has 0 fully saturated rings. The normalized spacial score (nSPS) is 9.68. The highest BCUT2D eigenvalue weighted by Gasteiger charge is 2.17. The van der Waals surface area contributed by atoms with E-state index in [-0.39, 0.29) is 34.1 Å². The van der Waals surface area contributed by atoms with Crippen molar-refractivity contribution in [1.82, 2.24) is 0 Å². The van der Waals surface area contributed by atoms with Crippen LogP contribution in [0.2, 0.25) is 0 Å². The van der Waals surface area contributed by atoms with Gasteiger partial charge in [0.25, 0.3) is 0 Å². The molecule has 8 heteroatoms. The van der Waals surface area contributed by atoms with E-state index in [4.69, 9.17) is 10.2 Å². The highest BCUT2D eigenvalue weighted by molar-refractivity contribution is 5.93. The number of carboxylic acid groups (broad SMARTS) is 2. The molecule has 0 spiro atoms. The fourth-order valence-corrected chi connectivity index (χ4v) is 2.86. The smallest absolute Gasteiger partial charge is 0.339 e. The number of benzene rings is 2. The summed E-state index contributed by atoms with van der Waals surface area (Å²) in [4.78, 5) is 21.7. The molecule has 0 heterocycles. The number of hydrogen-bond acceptors (Lipinski definition) is 6. The Hall–Kier alpha value is -3.42. The Bertz CT molecular complexity index is 874. The molecule has 31 heavy (non-hydrogen) atoms. The molecule has 0 saturated heterocycles. The molecule has 0 aliphatic carbocycles. The molecule has 0 bridgehead atoms. The van der Waals surface area contributed by atoms with Gasteiger partial charge in [0.15, 0.2) is 0 Å². The van der Waals surface area contributed by atoms with Crippen molar-refractivity contribution in [2.45, 2.75) is 59.8 Å². The Morgan fingerprint density at radius 2 is 1.06 bits per heavy atom. The molecule has 2 rings (SSSR count). The molecular weight excluding hydrogens is 404 g/mol. The minimum atomic E-state index is -1.18. The van der Waals surface area contributed by atoms with Crippen LogP contribution in [0.4, 0.5) is 0 Å². The van der Waals surface area contributed by atoms with Gasteiger partial charge in [-0.15, -0.1) is 0 Å². The lowest BCUT2D eigenvalue weighted by molar-refractivity contribution is 0.0681. The third-order valence-electron chi connectivity index (χ3n) is 4.11. The number of phenolic OH excluding ortho intramolecular Hbond substituents is 2. The van der Waals surface area contributed by atoms with Crippen molar-refractivity contribution in [2.75, 3.05) is 0 Å². The van der Waals surface area contributed by atoms with Crippen LogP contribution >= 0.6 is 0 Å². The standard InChI is InChI=1S/C11H14O4.C10H12O4.C2H6/c1-2-3-4-7-5-8(12)6-9(13)10(7)11(14)15;1-2-3-6-4-7(11)5-8(12)9(6)10(13)14;1-2/h5-6,12-13H,2-4H2,1H3,(H,14,15);4-5,11-12H,2-3H2,1H3,(H,13,14);1-2H3. The first kappa shape index (κ1) is 27.6. The summed E-state index contributed by atoms with van der Waals surface area (Å²) in [5.41, 5.74) is 0.699. The Labute approximate surface area is 182 Å². The minimum Gasteiger partial charge on any atom is -0.508 e. The van der Waals surface area contributed by atoms with E-state index in [0.29, 0.717) is 24.0 Å². The van der Waals surface area contributed by atoms with Gasteiger partial charge in [0.05, 0.1) is 0 Å². The molecule has 0 atom stereocenters. The predicted octanol–water partition coefficient (Wildman–Crippen LogP) is 4.91. The molecule has 172 valence electrons. The molecule has 0 saturated carbocycles. The van der Waals surface area contributed by atoms with Crippen LogP contribution in [0.3, 0.4) is 0 Å². The Morgan fingerprint density at radius 3 is 1.39 bits per heavy atom. The molecule has 0 amide bonds. The Balaban J connectivity index is 0.000000539. The van der Waals surface area contributed by atoms with Crippen molar-refractivity contribution in [2.24, 2.45) is 0 Å². The molecular formula is C23H32O8. The number of aromatic hydroxyl groups is 4. The highest BCUT2D eigenvalue weighted by atomic mass is 16.4. The number of aryl methyl sites for hydroxylation is 2. The van der Waals surface area contributed by atoms with Crippen LogP contribution in [-0.4, -0.2) is 42.6 Å². The number of aromatic carboxylic acids is 2. The maximum atomic E-state index is 10.9. The maximum Gasteiger partial charge on any atom is 0.339 e. The third-order valence-corrected chi connectivity index (χ3v) is 4.11. The number of carbonyl (C=O) groups is 2. The van der Waals surface area contributed by atoms with Crippen LogP contribution in [0.5, 0.6) is 23.0 Å². The lowest BCUT2D eigenvalue weighted by atomic mass is 10.0. The van der Waals surface area contributed by atoms with Gasteiger partial charge in [0, 0.05) is 12.1 Å². The second-order valence-corrected chi connectivity index (χ2v) is 6.46. The number of carboxylic acids is 2. The van der Waals surface area contributed by atoms with Gasteiger partial charge in [-0.05, 0) is 42.5 Å². The lowest BCUT2D eigenvalue weighted by Crippen LogP contribution is -2.03. The summed E-state index contributed by atoms with van der Waals surface area (Å²) in [5.74, 6) is -3.33. The molecule has 0 aliphatic heterocycles. The largest absolute Gasteiger partial charge is 0.508 e. The zero-order valence-electron chi connectivity index (χ0n) is 18.3. The average molecular weight is 437 g/mol. The van der Waals surface area contributed by atoms with Crippen molar-refractivity contribution in [1.29, 1.82) is 0 Å². The van der Waals surface area contributed by atoms with E-state index < -0.39 is 11.9 Å². The van der Waals surface area contributed by atoms with Gasteiger partial charge in [-0.3, -0.25) is 0 Å². The summed E-state index contributed by atoms with van der Waals surface area (Å²) in [6.07, 6.45) is 3.56. The molecule has 2 aromatic rings. The summed E-state index contributed by atoms with van der Waals surface area (Å²) < 4.78 is 0. The van der Waals surface area contributed by atoms with Gasteiger partial charge in [0.1, 0.15) is 34.1 Å². The van der Waals surface area contributed by atoms with Crippen LogP contribution in [0.1, 0.15) is 78.8 Å². The van der Waals surface area contributed by atoms with Crippen LogP contribution in [0, 0.1) is 0 Å². The summed E-state index contributed by atoms with van der Waals surface area (Å²) >= 11 is 0. The van der Waals surface area contributed by atoms with E-state index in [2.05, 4.69) is 0 Å². The zero-order chi connectivity index (χ0) is 24.1. The van der Waals surface area contributed by atoms with Crippen LogP contribution in [0.25, 0.3) is 0 Å². The third kappa shape index (κ3) is 8.46. The first-order valence-corrected chi connectivity index (χ1v) is 10.2. The summed E-state index contributed by atoms with van der Waals surface area (Å²) in [7, 11) is 0. The average Bonchev–Trinajstić information content (AvgIpc) is 2.67. The first-order chi connectivity index (χ1) is 14.6. The molecule has 8 nitrogen and oxygen atoms in total. The second kappa shape index (κ2) is 13.7. The number of unbranched alkanes of at least 4 members (excludes halogenated alkanes) is 1. The quantitative estimate of drug-likeness (QED) is 0.357. The molecule has 2 aromatic carbocycles. The summed E-state index contributed by atoms with van der Waals surface area (Å²) in [5, 5.41) is 54.9. The highest BCUT2D eigenvalue weighted by Crippen LogP contribution is 2.29. The van der Waals surface area contributed by atoms with Crippen LogP contribution in [0.15, 0.2) is 24.3 Å². The number of phenols is 4. The van der Waals surface area contributed by atoms with Crippen molar-refractivity contribution in [3.63, 3.8) is 0 Å². The monoisotopic (exact) mass is 436 g/mol. The minimum absolute atomic E-state index is 0.108. The number of rotatable bonds is 7. The van der Waals surface area contributed by atoms with Gasteiger partial charge >= 0.3 is 11.9 Å². The Morgan fingerprint density at radius 1 is 0.677 bits per heavy atom. The maximum absolute atomic E-state index is 10.9. The van der Waals surface area contributed by atoms with Gasteiger partial charge < -0.3 is 30.6 Å². The fourth-order valence-electron chi connectivity index (χ4n) is 2.86. The SMILES string of the molecule is CC.CCCCc1cc(O)cc(O)c1C(=O)O.CCCc1cc(O)cc(O)c1C(=O)O. The van der Waals surface area contributed by atoms with Gasteiger partial charge in [-0.2, -0.15) is 0 Å². The van der Waals surface area contributed by atoms with E-state index in [1.165, 1.54) is 12.1 Å². The molecule has 0 radical (unpaired) electrons. The van der Waals surface area contributed by atoms with E-state index in [1.807, 2.05) is 27.7 Å². The van der Waals surface area contributed by atoms with Gasteiger partial charge in [-0.25, -0.2) is 9.59 Å². The van der Waals surface area contributed by atoms with E-state index >= 15 is 0 Å². The molecule has 6 N–H and O–H groups in total. The van der Waals surface area contributed by atoms with Gasteiger partial charge in [-0.1, -0.05) is 40.5 Å². The van der Waals surface area contributed by atoms with Crippen molar-refractivity contribution in [3.8, 4) is 23.0 Å². The predicted molar refractivity (Wildman–Crippen MR) is 117 cm³/mol. The van der Waals surface area contributed by atoms with Crippen molar-refractivity contribution >= 4 is 11.9 Å². The lowest BCUT2D eigenvalue weighted by Gasteiger charge is -2.08. The Kier molecular flexibility index (Phi) is 12.2. The van der Waals surface area contributed by atoms with E-state index in [0.717, 1.165) is 31.4 Å². The topological polar surface area (TPSA) is 156 Å². The molecule has 0 aromatic heterocycles. The van der Waals surface area contributed by atoms with Crippen LogP contribution < -0.4 is 0 Å². The number of hydrogen-bond donors (Lipinski definition) is 6. The van der Waals surface area contributed by atoms with E-state index in [1.54, 1.807) is 0 Å². The zero-order valence-corrected chi connectivity index (χ0v) is 18.3. The molecule has 0 unspecified atom stereocenters. The van der Waals surface area contributed by atoms with Crippen LogP contribution in [-0.2, 0) is 12.8 Å². The first-order valence-electron chi connectivity index (χ1n) is 10.2. The van der Waals surface area contributed by atoms with Gasteiger partial charge in [0.2, 0.25) is 0 Å².